The molecule has 0 rings (SSSR count). The number of quaternary nitrogens is 2. The van der Waals surface area contributed by atoms with Crippen molar-refractivity contribution < 1.29 is 8.97 Å². The Labute approximate surface area is 142 Å². The zero-order chi connectivity index (χ0) is 16.9. The Bertz CT molecular complexity index is 220. The third kappa shape index (κ3) is 13.6. The van der Waals surface area contributed by atoms with Gasteiger partial charge in [0.1, 0.15) is 0 Å². The van der Waals surface area contributed by atoms with Crippen molar-refractivity contribution in [1.82, 2.24) is 0 Å². The molecule has 0 radical (unpaired) electrons. The standard InChI is InChI=1S/C20H46N2/c1-7-9-11-13-17-21(3,4)19-15-16-20-22(5,6)18-14-12-10-8-2/h7-20H2,1-6H3/q+2. The fraction of sp³-hybridized carbons (Fsp3) is 1.00. The molecule has 0 aromatic heterocycles. The molecule has 0 aliphatic heterocycles. The molecule has 0 spiro atoms. The van der Waals surface area contributed by atoms with Crippen LogP contribution in [0.25, 0.3) is 0 Å². The summed E-state index contributed by atoms with van der Waals surface area (Å²) in [4.78, 5) is 0. The van der Waals surface area contributed by atoms with Crippen molar-refractivity contribution in [2.75, 3.05) is 54.4 Å². The van der Waals surface area contributed by atoms with Crippen LogP contribution in [0.15, 0.2) is 0 Å². The van der Waals surface area contributed by atoms with E-state index in [1.807, 2.05) is 0 Å². The maximum Gasteiger partial charge on any atom is 0.0784 e. The molecule has 0 unspecified atom stereocenters. The molecule has 0 aliphatic carbocycles. The molecule has 0 heterocycles. The average molecular weight is 315 g/mol. The molecule has 0 aliphatic rings. The SMILES string of the molecule is CCCCCC[N+](C)(C)CCCC[N+](C)(C)CCCCCC. The van der Waals surface area contributed by atoms with E-state index < -0.39 is 0 Å². The highest BCUT2D eigenvalue weighted by atomic mass is 15.3. The number of hydrogen-bond donors (Lipinski definition) is 0. The molecule has 22 heavy (non-hydrogen) atoms. The van der Waals surface area contributed by atoms with Gasteiger partial charge in [-0.05, 0) is 25.7 Å². The van der Waals surface area contributed by atoms with Crippen LogP contribution in [0, 0.1) is 0 Å². The molecule has 0 N–H and O–H groups in total. The summed E-state index contributed by atoms with van der Waals surface area (Å²) in [5.41, 5.74) is 0. The van der Waals surface area contributed by atoms with Crippen LogP contribution in [-0.2, 0) is 0 Å². The lowest BCUT2D eigenvalue weighted by Gasteiger charge is -2.32. The number of unbranched alkanes of at least 4 members (excludes halogenated alkanes) is 7. The van der Waals surface area contributed by atoms with Crippen LogP contribution in [0.3, 0.4) is 0 Å². The van der Waals surface area contributed by atoms with Gasteiger partial charge >= 0.3 is 0 Å². The largest absolute Gasteiger partial charge is 0.328 e. The molecular formula is C20H46N2+2. The van der Waals surface area contributed by atoms with E-state index in [1.165, 1.54) is 99.4 Å². The second kappa shape index (κ2) is 12.4. The molecule has 0 aromatic rings. The second-order valence-electron chi connectivity index (χ2n) is 8.59. The van der Waals surface area contributed by atoms with E-state index in [0.717, 1.165) is 0 Å². The lowest BCUT2D eigenvalue weighted by Crippen LogP contribution is -2.43. The van der Waals surface area contributed by atoms with Gasteiger partial charge in [0.2, 0.25) is 0 Å². The summed E-state index contributed by atoms with van der Waals surface area (Å²) in [5, 5.41) is 0. The highest BCUT2D eigenvalue weighted by Crippen LogP contribution is 2.10. The predicted molar refractivity (Wildman–Crippen MR) is 101 cm³/mol. The van der Waals surface area contributed by atoms with E-state index in [2.05, 4.69) is 42.0 Å². The smallest absolute Gasteiger partial charge is 0.0784 e. The van der Waals surface area contributed by atoms with Gasteiger partial charge in [-0.25, -0.2) is 0 Å². The summed E-state index contributed by atoms with van der Waals surface area (Å²) in [5.74, 6) is 0. The van der Waals surface area contributed by atoms with Crippen molar-refractivity contribution >= 4 is 0 Å². The Morgan fingerprint density at radius 2 is 0.682 bits per heavy atom. The molecule has 134 valence electrons. The first kappa shape index (κ1) is 21.9. The fourth-order valence-corrected chi connectivity index (χ4v) is 3.24. The highest BCUT2D eigenvalue weighted by molar-refractivity contribution is 4.45. The van der Waals surface area contributed by atoms with Crippen LogP contribution >= 0.6 is 0 Å². The van der Waals surface area contributed by atoms with Gasteiger partial charge in [0.15, 0.2) is 0 Å². The van der Waals surface area contributed by atoms with E-state index >= 15 is 0 Å². The van der Waals surface area contributed by atoms with Crippen LogP contribution < -0.4 is 0 Å². The summed E-state index contributed by atoms with van der Waals surface area (Å²) in [7, 11) is 9.65. The van der Waals surface area contributed by atoms with Gasteiger partial charge in [0.05, 0.1) is 54.4 Å². The van der Waals surface area contributed by atoms with Gasteiger partial charge < -0.3 is 8.97 Å². The Morgan fingerprint density at radius 3 is 0.955 bits per heavy atom. The van der Waals surface area contributed by atoms with E-state index in [9.17, 15) is 0 Å². The van der Waals surface area contributed by atoms with Gasteiger partial charge in [-0.15, -0.1) is 0 Å². The average Bonchev–Trinajstić information content (AvgIpc) is 2.45. The zero-order valence-corrected chi connectivity index (χ0v) is 16.8. The third-order valence-electron chi connectivity index (χ3n) is 5.01. The predicted octanol–water partition coefficient (Wildman–Crippen LogP) is 5.08. The second-order valence-corrected chi connectivity index (χ2v) is 8.59. The first-order valence-corrected chi connectivity index (χ1v) is 9.97. The summed E-state index contributed by atoms with van der Waals surface area (Å²) in [6.45, 7) is 10.00. The van der Waals surface area contributed by atoms with Crippen LogP contribution in [-0.4, -0.2) is 63.3 Å². The molecule has 0 bridgehead atoms. The third-order valence-corrected chi connectivity index (χ3v) is 5.01. The van der Waals surface area contributed by atoms with Crippen LogP contribution in [0.4, 0.5) is 0 Å². The molecule has 0 saturated carbocycles. The van der Waals surface area contributed by atoms with Crippen LogP contribution in [0.1, 0.15) is 78.1 Å². The van der Waals surface area contributed by atoms with Gasteiger partial charge in [-0.3, -0.25) is 0 Å². The molecule has 2 nitrogen and oxygen atoms in total. The first-order valence-electron chi connectivity index (χ1n) is 9.97. The van der Waals surface area contributed by atoms with Crippen molar-refractivity contribution in [1.29, 1.82) is 0 Å². The summed E-state index contributed by atoms with van der Waals surface area (Å²) in [6, 6.07) is 0. The molecular weight excluding hydrogens is 268 g/mol. The molecule has 0 fully saturated rings. The van der Waals surface area contributed by atoms with Crippen molar-refractivity contribution in [3.8, 4) is 0 Å². The maximum absolute atomic E-state index is 2.41. The molecule has 2 heteroatoms. The minimum Gasteiger partial charge on any atom is -0.328 e. The minimum atomic E-state index is 1.22. The van der Waals surface area contributed by atoms with Crippen molar-refractivity contribution in [3.05, 3.63) is 0 Å². The maximum atomic E-state index is 2.41. The summed E-state index contributed by atoms with van der Waals surface area (Å²) >= 11 is 0. The van der Waals surface area contributed by atoms with E-state index in [-0.39, 0.29) is 0 Å². The number of hydrogen-bond acceptors (Lipinski definition) is 0. The highest BCUT2D eigenvalue weighted by Gasteiger charge is 2.17. The van der Waals surface area contributed by atoms with Crippen molar-refractivity contribution in [2.24, 2.45) is 0 Å². The Balaban J connectivity index is 3.70. The summed E-state index contributed by atoms with van der Waals surface area (Å²) < 4.78 is 2.43. The number of nitrogens with zero attached hydrogens (tertiary/aromatic N) is 2. The Morgan fingerprint density at radius 1 is 0.409 bits per heavy atom. The van der Waals surface area contributed by atoms with Crippen LogP contribution in [0.5, 0.6) is 0 Å². The molecule has 0 atom stereocenters. The van der Waals surface area contributed by atoms with Gasteiger partial charge in [-0.1, -0.05) is 39.5 Å². The Kier molecular flexibility index (Phi) is 12.3. The van der Waals surface area contributed by atoms with Crippen LogP contribution in [0.2, 0.25) is 0 Å². The van der Waals surface area contributed by atoms with E-state index in [0.29, 0.717) is 0 Å². The topological polar surface area (TPSA) is 0 Å². The lowest BCUT2D eigenvalue weighted by atomic mass is 10.1. The summed E-state index contributed by atoms with van der Waals surface area (Å²) in [6.07, 6.45) is 13.9. The van der Waals surface area contributed by atoms with Gasteiger partial charge in [0, 0.05) is 12.8 Å². The molecule has 0 saturated heterocycles. The normalized spacial score (nSPS) is 12.8. The quantitative estimate of drug-likeness (QED) is 0.292. The zero-order valence-electron chi connectivity index (χ0n) is 16.8. The van der Waals surface area contributed by atoms with E-state index in [4.69, 9.17) is 0 Å². The van der Waals surface area contributed by atoms with Gasteiger partial charge in [0.25, 0.3) is 0 Å². The monoisotopic (exact) mass is 314 g/mol. The Hall–Kier alpha value is -0.0800. The van der Waals surface area contributed by atoms with Crippen molar-refractivity contribution in [2.45, 2.75) is 78.1 Å². The van der Waals surface area contributed by atoms with E-state index in [1.54, 1.807) is 0 Å². The fourth-order valence-electron chi connectivity index (χ4n) is 3.24. The number of rotatable bonds is 15. The molecule has 0 aromatic carbocycles. The van der Waals surface area contributed by atoms with Gasteiger partial charge in [-0.2, -0.15) is 0 Å². The first-order chi connectivity index (χ1) is 10.3. The van der Waals surface area contributed by atoms with Crippen molar-refractivity contribution in [3.63, 3.8) is 0 Å². The minimum absolute atomic E-state index is 1.22. The lowest BCUT2D eigenvalue weighted by molar-refractivity contribution is -0.897. The molecule has 0 amide bonds.